The number of halogens is 1. The lowest BCUT2D eigenvalue weighted by Crippen LogP contribution is -2.28. The van der Waals surface area contributed by atoms with Gasteiger partial charge in [-0.15, -0.1) is 5.10 Å². The van der Waals surface area contributed by atoms with Crippen molar-refractivity contribution in [2.45, 2.75) is 31.4 Å². The molecule has 1 heterocycles. The van der Waals surface area contributed by atoms with Gasteiger partial charge in [-0.3, -0.25) is 0 Å². The van der Waals surface area contributed by atoms with E-state index in [1.54, 1.807) is 18.3 Å². The first-order valence-electron chi connectivity index (χ1n) is 4.99. The zero-order chi connectivity index (χ0) is 9.86. The smallest absolute Gasteiger partial charge is 0.148 e. The minimum Gasteiger partial charge on any atom is -0.365 e. The van der Waals surface area contributed by atoms with Crippen molar-refractivity contribution in [3.05, 3.63) is 18.3 Å². The molecule has 1 saturated carbocycles. The Morgan fingerprint density at radius 3 is 2.86 bits per heavy atom. The van der Waals surface area contributed by atoms with Crippen molar-refractivity contribution in [3.63, 3.8) is 0 Å². The molecule has 0 amide bonds. The van der Waals surface area contributed by atoms with Gasteiger partial charge in [0.25, 0.3) is 0 Å². The van der Waals surface area contributed by atoms with Crippen LogP contribution in [0.1, 0.15) is 25.7 Å². The largest absolute Gasteiger partial charge is 0.365 e. The quantitative estimate of drug-likeness (QED) is 0.803. The molecule has 1 aromatic rings. The predicted molar refractivity (Wildman–Crippen MR) is 52.8 cm³/mol. The maximum atomic E-state index is 13.9. The summed E-state index contributed by atoms with van der Waals surface area (Å²) in [6.07, 6.45) is 4.93. The van der Waals surface area contributed by atoms with Crippen LogP contribution in [0, 0.1) is 0 Å². The highest BCUT2D eigenvalue weighted by molar-refractivity contribution is 5.32. The highest BCUT2D eigenvalue weighted by atomic mass is 19.1. The van der Waals surface area contributed by atoms with Gasteiger partial charge in [0.2, 0.25) is 0 Å². The third-order valence-corrected chi connectivity index (χ3v) is 2.66. The zero-order valence-electron chi connectivity index (χ0n) is 8.04. The van der Waals surface area contributed by atoms with Gasteiger partial charge in [-0.2, -0.15) is 5.10 Å². The summed E-state index contributed by atoms with van der Waals surface area (Å²) >= 11 is 0. The van der Waals surface area contributed by atoms with Crippen LogP contribution in [0.5, 0.6) is 0 Å². The molecular weight excluding hydrogens is 181 g/mol. The lowest BCUT2D eigenvalue weighted by atomic mass is 10.1. The third kappa shape index (κ3) is 2.19. The van der Waals surface area contributed by atoms with Crippen LogP contribution in [-0.2, 0) is 0 Å². The fourth-order valence-electron chi connectivity index (χ4n) is 1.83. The average molecular weight is 195 g/mol. The fourth-order valence-corrected chi connectivity index (χ4v) is 1.83. The number of alkyl halides is 1. The summed E-state index contributed by atoms with van der Waals surface area (Å²) in [6.45, 7) is 0.353. The molecule has 1 aromatic heterocycles. The van der Waals surface area contributed by atoms with Crippen molar-refractivity contribution < 1.29 is 4.39 Å². The lowest BCUT2D eigenvalue weighted by molar-refractivity contribution is 0.190. The Labute approximate surface area is 82.7 Å². The first-order chi connectivity index (χ1) is 6.79. The van der Waals surface area contributed by atoms with E-state index >= 15 is 0 Å². The van der Waals surface area contributed by atoms with E-state index in [-0.39, 0.29) is 0 Å². The van der Waals surface area contributed by atoms with E-state index in [1.165, 1.54) is 0 Å². The molecule has 4 heteroatoms. The van der Waals surface area contributed by atoms with Crippen LogP contribution in [0.4, 0.5) is 10.2 Å². The molecule has 0 unspecified atom stereocenters. The molecule has 1 N–H and O–H groups in total. The van der Waals surface area contributed by atoms with Crippen LogP contribution in [0.3, 0.4) is 0 Å². The van der Waals surface area contributed by atoms with E-state index in [4.69, 9.17) is 0 Å². The summed E-state index contributed by atoms with van der Waals surface area (Å²) < 4.78 is 13.9. The van der Waals surface area contributed by atoms with Gasteiger partial charge in [-0.25, -0.2) is 4.39 Å². The summed E-state index contributed by atoms with van der Waals surface area (Å²) in [5, 5.41) is 10.5. The fraction of sp³-hybridized carbons (Fsp3) is 0.600. The van der Waals surface area contributed by atoms with Gasteiger partial charge in [0.05, 0.1) is 6.54 Å². The van der Waals surface area contributed by atoms with Crippen molar-refractivity contribution in [3.8, 4) is 0 Å². The van der Waals surface area contributed by atoms with Crippen molar-refractivity contribution in [2.75, 3.05) is 11.9 Å². The van der Waals surface area contributed by atoms with E-state index in [0.29, 0.717) is 25.2 Å². The van der Waals surface area contributed by atoms with Crippen LogP contribution in [0.25, 0.3) is 0 Å². The molecule has 3 nitrogen and oxygen atoms in total. The summed E-state index contributed by atoms with van der Waals surface area (Å²) in [5.41, 5.74) is -1.03. The van der Waals surface area contributed by atoms with Crippen LogP contribution < -0.4 is 5.32 Å². The minimum atomic E-state index is -1.03. The van der Waals surface area contributed by atoms with E-state index in [2.05, 4.69) is 15.5 Å². The highest BCUT2D eigenvalue weighted by Crippen LogP contribution is 2.33. The molecule has 0 saturated heterocycles. The van der Waals surface area contributed by atoms with Crippen LogP contribution in [0.15, 0.2) is 18.3 Å². The van der Waals surface area contributed by atoms with Gasteiger partial charge >= 0.3 is 0 Å². The van der Waals surface area contributed by atoms with Gasteiger partial charge in [-0.05, 0) is 25.0 Å². The second-order valence-electron chi connectivity index (χ2n) is 3.82. The van der Waals surface area contributed by atoms with Crippen molar-refractivity contribution >= 4 is 5.82 Å². The van der Waals surface area contributed by atoms with Gasteiger partial charge in [0.1, 0.15) is 11.5 Å². The molecule has 0 radical (unpaired) electrons. The highest BCUT2D eigenvalue weighted by Gasteiger charge is 2.33. The molecule has 76 valence electrons. The Balaban J connectivity index is 1.88. The first kappa shape index (κ1) is 9.37. The number of anilines is 1. The predicted octanol–water partition coefficient (Wildman–Crippen LogP) is 2.17. The molecule has 14 heavy (non-hydrogen) atoms. The Morgan fingerprint density at radius 1 is 1.43 bits per heavy atom. The van der Waals surface area contributed by atoms with E-state index in [0.717, 1.165) is 12.8 Å². The van der Waals surface area contributed by atoms with Crippen molar-refractivity contribution in [2.24, 2.45) is 0 Å². The molecule has 0 atom stereocenters. The molecule has 0 bridgehead atoms. The Bertz CT molecular complexity index is 283. The summed E-state index contributed by atoms with van der Waals surface area (Å²) in [4.78, 5) is 0. The Hall–Kier alpha value is -1.19. The van der Waals surface area contributed by atoms with E-state index in [1.807, 2.05) is 0 Å². The molecule has 0 aliphatic heterocycles. The van der Waals surface area contributed by atoms with E-state index < -0.39 is 5.67 Å². The normalized spacial score (nSPS) is 19.5. The van der Waals surface area contributed by atoms with Crippen molar-refractivity contribution in [1.29, 1.82) is 0 Å². The topological polar surface area (TPSA) is 37.8 Å². The zero-order valence-corrected chi connectivity index (χ0v) is 8.04. The Morgan fingerprint density at radius 2 is 2.21 bits per heavy atom. The van der Waals surface area contributed by atoms with Crippen LogP contribution in [-0.4, -0.2) is 22.4 Å². The number of nitrogens with zero attached hydrogens (tertiary/aromatic N) is 2. The SMILES string of the molecule is FC1(CNc2cccnn2)CCCC1. The first-order valence-corrected chi connectivity index (χ1v) is 4.99. The minimum absolute atomic E-state index is 0.353. The van der Waals surface area contributed by atoms with Crippen molar-refractivity contribution in [1.82, 2.24) is 10.2 Å². The summed E-state index contributed by atoms with van der Waals surface area (Å²) in [5.74, 6) is 0.649. The standard InChI is InChI=1S/C10H14FN3/c11-10(5-1-2-6-10)8-12-9-4-3-7-13-14-9/h3-4,7H,1-2,5-6,8H2,(H,12,14). The van der Waals surface area contributed by atoms with Gasteiger partial charge < -0.3 is 5.32 Å². The molecular formula is C10H14FN3. The summed E-state index contributed by atoms with van der Waals surface area (Å²) in [6, 6.07) is 3.58. The number of hydrogen-bond donors (Lipinski definition) is 1. The monoisotopic (exact) mass is 195 g/mol. The molecule has 1 aliphatic rings. The van der Waals surface area contributed by atoms with Gasteiger partial charge in [0, 0.05) is 6.20 Å². The van der Waals surface area contributed by atoms with Gasteiger partial charge in [-0.1, -0.05) is 12.8 Å². The number of hydrogen-bond acceptors (Lipinski definition) is 3. The molecule has 0 spiro atoms. The van der Waals surface area contributed by atoms with Crippen LogP contribution >= 0.6 is 0 Å². The molecule has 2 rings (SSSR count). The average Bonchev–Trinajstić information content (AvgIpc) is 2.65. The number of aromatic nitrogens is 2. The maximum Gasteiger partial charge on any atom is 0.148 e. The maximum absolute atomic E-state index is 13.9. The number of nitrogens with one attached hydrogen (secondary N) is 1. The van der Waals surface area contributed by atoms with E-state index in [9.17, 15) is 4.39 Å². The second-order valence-corrected chi connectivity index (χ2v) is 3.82. The third-order valence-electron chi connectivity index (χ3n) is 2.66. The number of rotatable bonds is 3. The second kappa shape index (κ2) is 3.90. The lowest BCUT2D eigenvalue weighted by Gasteiger charge is -2.19. The molecule has 0 aromatic carbocycles. The Kier molecular flexibility index (Phi) is 2.61. The summed E-state index contributed by atoms with van der Waals surface area (Å²) in [7, 11) is 0. The molecule has 1 aliphatic carbocycles. The molecule has 1 fully saturated rings. The van der Waals surface area contributed by atoms with Crippen LogP contribution in [0.2, 0.25) is 0 Å². The van der Waals surface area contributed by atoms with Gasteiger partial charge in [0.15, 0.2) is 0 Å².